The van der Waals surface area contributed by atoms with Gasteiger partial charge < -0.3 is 21.1 Å². The number of benzene rings is 1. The number of hydrogen-bond donors (Lipinski definition) is 3. The third-order valence-corrected chi connectivity index (χ3v) is 6.68. The summed E-state index contributed by atoms with van der Waals surface area (Å²) in [6.07, 6.45) is 1.17. The molecule has 0 saturated carbocycles. The van der Waals surface area contributed by atoms with Crippen LogP contribution in [-0.4, -0.2) is 33.3 Å². The predicted molar refractivity (Wildman–Crippen MR) is 126 cm³/mol. The molecule has 9 heteroatoms. The van der Waals surface area contributed by atoms with E-state index in [4.69, 9.17) is 5.73 Å². The van der Waals surface area contributed by atoms with Crippen LogP contribution in [-0.2, 0) is 11.3 Å². The average molecular weight is 469 g/mol. The Kier molecular flexibility index (Phi) is 6.71. The first-order valence-electron chi connectivity index (χ1n) is 10.8. The smallest absolute Gasteiger partial charge is 0.251 e. The first-order valence-corrected chi connectivity index (χ1v) is 11.6. The number of nitrogens with zero attached hydrogens (tertiary/aromatic N) is 2. The van der Waals surface area contributed by atoms with Crippen LogP contribution in [0, 0.1) is 5.82 Å². The third kappa shape index (κ3) is 5.04. The van der Waals surface area contributed by atoms with Gasteiger partial charge in [-0.05, 0) is 42.7 Å². The van der Waals surface area contributed by atoms with Gasteiger partial charge in [-0.15, -0.1) is 11.3 Å². The van der Waals surface area contributed by atoms with E-state index in [1.807, 2.05) is 19.1 Å². The number of nitrogens with one attached hydrogen (secondary N) is 1. The fourth-order valence-electron chi connectivity index (χ4n) is 3.79. The van der Waals surface area contributed by atoms with Crippen LogP contribution >= 0.6 is 11.3 Å². The summed E-state index contributed by atoms with van der Waals surface area (Å²) in [6.45, 7) is 2.96. The molecule has 4 N–H and O–H groups in total. The monoisotopic (exact) mass is 468 g/mol. The SMILES string of the molecule is CCC(O)c1ccc(-c2cc(C(N)=O)c(Nc3cccc(CN4CCCC4=O)n3)s2)c(F)c1. The molecule has 0 aliphatic carbocycles. The molecule has 1 unspecified atom stereocenters. The van der Waals surface area contributed by atoms with E-state index in [1.165, 1.54) is 17.4 Å². The van der Waals surface area contributed by atoms with Crippen LogP contribution in [0.1, 0.15) is 53.9 Å². The summed E-state index contributed by atoms with van der Waals surface area (Å²) in [7, 11) is 0. The number of primary amides is 1. The highest BCUT2D eigenvalue weighted by Crippen LogP contribution is 2.38. The van der Waals surface area contributed by atoms with Gasteiger partial charge in [0.1, 0.15) is 16.6 Å². The Morgan fingerprint density at radius 3 is 2.82 bits per heavy atom. The second-order valence-electron chi connectivity index (χ2n) is 7.94. The van der Waals surface area contributed by atoms with Gasteiger partial charge in [0.25, 0.3) is 5.91 Å². The molecule has 33 heavy (non-hydrogen) atoms. The van der Waals surface area contributed by atoms with Crippen LogP contribution < -0.4 is 11.1 Å². The fraction of sp³-hybridized carbons (Fsp3) is 0.292. The molecule has 1 aliphatic rings. The molecule has 1 aliphatic heterocycles. The lowest BCUT2D eigenvalue weighted by Gasteiger charge is -2.15. The summed E-state index contributed by atoms with van der Waals surface area (Å²) in [6, 6.07) is 11.5. The number of aliphatic hydroxyl groups is 1. The van der Waals surface area contributed by atoms with Crippen LogP contribution in [0.4, 0.5) is 15.2 Å². The summed E-state index contributed by atoms with van der Waals surface area (Å²) in [5, 5.41) is 13.5. The number of nitrogens with two attached hydrogens (primary N) is 1. The predicted octanol–water partition coefficient (Wildman–Crippen LogP) is 4.36. The van der Waals surface area contributed by atoms with E-state index >= 15 is 0 Å². The molecule has 1 fully saturated rings. The average Bonchev–Trinajstić information content (AvgIpc) is 3.39. The second kappa shape index (κ2) is 9.68. The van der Waals surface area contributed by atoms with Gasteiger partial charge in [-0.25, -0.2) is 9.37 Å². The fourth-order valence-corrected chi connectivity index (χ4v) is 4.89. The molecule has 4 rings (SSSR count). The molecule has 172 valence electrons. The molecular formula is C24H25FN4O3S. The van der Waals surface area contributed by atoms with Crippen molar-refractivity contribution in [2.24, 2.45) is 5.73 Å². The van der Waals surface area contributed by atoms with Crippen LogP contribution in [0.2, 0.25) is 0 Å². The zero-order valence-electron chi connectivity index (χ0n) is 18.2. The van der Waals surface area contributed by atoms with E-state index in [0.717, 1.165) is 18.7 Å². The maximum Gasteiger partial charge on any atom is 0.251 e. The highest BCUT2D eigenvalue weighted by atomic mass is 32.1. The Morgan fingerprint density at radius 1 is 1.33 bits per heavy atom. The second-order valence-corrected chi connectivity index (χ2v) is 8.99. The Morgan fingerprint density at radius 2 is 2.15 bits per heavy atom. The molecule has 7 nitrogen and oxygen atoms in total. The summed E-state index contributed by atoms with van der Waals surface area (Å²) < 4.78 is 14.8. The Bertz CT molecular complexity index is 1200. The Labute approximate surface area is 195 Å². The van der Waals surface area contributed by atoms with Crippen molar-refractivity contribution < 1.29 is 19.1 Å². The molecule has 3 heterocycles. The lowest BCUT2D eigenvalue weighted by molar-refractivity contribution is -0.128. The molecule has 0 radical (unpaired) electrons. The van der Waals surface area contributed by atoms with E-state index in [2.05, 4.69) is 10.3 Å². The van der Waals surface area contributed by atoms with Gasteiger partial charge in [0, 0.05) is 23.4 Å². The number of pyridine rings is 1. The summed E-state index contributed by atoms with van der Waals surface area (Å²) in [4.78, 5) is 30.8. The molecule has 2 amide bonds. The Hall–Kier alpha value is -3.30. The third-order valence-electron chi connectivity index (χ3n) is 5.60. The summed E-state index contributed by atoms with van der Waals surface area (Å²) in [5.41, 5.74) is 7.34. The number of rotatable bonds is 8. The number of carbonyl (C=O) groups excluding carboxylic acids is 2. The first kappa shape index (κ1) is 22.9. The highest BCUT2D eigenvalue weighted by molar-refractivity contribution is 7.19. The number of thiophene rings is 1. The lowest BCUT2D eigenvalue weighted by Crippen LogP contribution is -2.24. The highest BCUT2D eigenvalue weighted by Gasteiger charge is 2.21. The van der Waals surface area contributed by atoms with Crippen LogP contribution in [0.15, 0.2) is 42.5 Å². The minimum atomic E-state index is -0.732. The molecule has 2 aromatic heterocycles. The maximum absolute atomic E-state index is 14.8. The number of hydrogen-bond acceptors (Lipinski definition) is 6. The minimum Gasteiger partial charge on any atom is -0.388 e. The normalized spacial score (nSPS) is 14.5. The van der Waals surface area contributed by atoms with E-state index in [-0.39, 0.29) is 11.5 Å². The van der Waals surface area contributed by atoms with Crippen LogP contribution in [0.5, 0.6) is 0 Å². The summed E-state index contributed by atoms with van der Waals surface area (Å²) in [5.74, 6) is -0.512. The summed E-state index contributed by atoms with van der Waals surface area (Å²) >= 11 is 1.19. The number of amides is 2. The van der Waals surface area contributed by atoms with Gasteiger partial charge in [0.05, 0.1) is 23.9 Å². The van der Waals surface area contributed by atoms with Gasteiger partial charge in [-0.3, -0.25) is 9.59 Å². The quantitative estimate of drug-likeness (QED) is 0.455. The van der Waals surface area contributed by atoms with Crippen molar-refractivity contribution >= 4 is 34.0 Å². The number of halogens is 1. The van der Waals surface area contributed by atoms with E-state index in [0.29, 0.717) is 46.2 Å². The van der Waals surface area contributed by atoms with Crippen molar-refractivity contribution in [3.8, 4) is 10.4 Å². The van der Waals surface area contributed by atoms with Crippen LogP contribution in [0.25, 0.3) is 10.4 Å². The van der Waals surface area contributed by atoms with E-state index in [1.54, 1.807) is 29.2 Å². The van der Waals surface area contributed by atoms with Crippen molar-refractivity contribution in [2.45, 2.75) is 38.8 Å². The Balaban J connectivity index is 1.60. The number of anilines is 2. The molecule has 1 saturated heterocycles. The number of aliphatic hydroxyl groups excluding tert-OH is 1. The number of carbonyl (C=O) groups is 2. The number of likely N-dealkylation sites (tertiary alicyclic amines) is 1. The van der Waals surface area contributed by atoms with Gasteiger partial charge in [0.15, 0.2) is 0 Å². The standard InChI is InChI=1S/C24H25FN4O3S/c1-2-19(30)14-8-9-16(18(25)11-14)20-12-17(23(26)32)24(33-20)28-21-6-3-5-15(27-21)13-29-10-4-7-22(29)31/h3,5-6,8-9,11-12,19,30H,2,4,7,10,13H2,1H3,(H2,26,32)(H,27,28). The number of aromatic nitrogens is 1. The molecule has 0 spiro atoms. The lowest BCUT2D eigenvalue weighted by atomic mass is 10.0. The zero-order valence-corrected chi connectivity index (χ0v) is 19.0. The first-order chi connectivity index (χ1) is 15.9. The van der Waals surface area contributed by atoms with Gasteiger partial charge in [0.2, 0.25) is 5.91 Å². The molecule has 1 atom stereocenters. The van der Waals surface area contributed by atoms with Crippen LogP contribution in [0.3, 0.4) is 0 Å². The molecule has 1 aromatic carbocycles. The topological polar surface area (TPSA) is 109 Å². The maximum atomic E-state index is 14.8. The van der Waals surface area contributed by atoms with Crippen molar-refractivity contribution in [1.82, 2.24) is 9.88 Å². The zero-order chi connectivity index (χ0) is 23.5. The largest absolute Gasteiger partial charge is 0.388 e. The van der Waals surface area contributed by atoms with Crippen molar-refractivity contribution in [3.05, 3.63) is 65.1 Å². The van der Waals surface area contributed by atoms with Gasteiger partial charge in [-0.1, -0.05) is 25.1 Å². The van der Waals surface area contributed by atoms with Crippen molar-refractivity contribution in [2.75, 3.05) is 11.9 Å². The molecule has 0 bridgehead atoms. The van der Waals surface area contributed by atoms with Crippen molar-refractivity contribution in [1.29, 1.82) is 0 Å². The van der Waals surface area contributed by atoms with Crippen molar-refractivity contribution in [3.63, 3.8) is 0 Å². The van der Waals surface area contributed by atoms with E-state index in [9.17, 15) is 19.1 Å². The molecule has 3 aromatic rings. The minimum absolute atomic E-state index is 0.119. The molecular weight excluding hydrogens is 443 g/mol. The van der Waals surface area contributed by atoms with Gasteiger partial charge >= 0.3 is 0 Å². The van der Waals surface area contributed by atoms with E-state index < -0.39 is 17.8 Å². The van der Waals surface area contributed by atoms with Gasteiger partial charge in [-0.2, -0.15) is 0 Å².